The molecule has 0 aliphatic heterocycles. The molecule has 0 bridgehead atoms. The molecule has 1 aromatic carbocycles. The number of rotatable bonds is 4. The minimum Gasteiger partial charge on any atom is -0.271 e. The first-order valence-corrected chi connectivity index (χ1v) is 7.81. The average molecular weight is 279 g/mol. The zero-order valence-electron chi connectivity index (χ0n) is 12.1. The fourth-order valence-corrected chi connectivity index (χ4v) is 4.25. The Kier molecular flexibility index (Phi) is 3.24. The van der Waals surface area contributed by atoms with Crippen LogP contribution in [-0.2, 0) is 12.8 Å². The zero-order valence-corrected chi connectivity index (χ0v) is 12.1. The van der Waals surface area contributed by atoms with Gasteiger partial charge in [0.05, 0.1) is 0 Å². The predicted octanol–water partition coefficient (Wildman–Crippen LogP) is 2.43. The molecule has 3 heteroatoms. The van der Waals surface area contributed by atoms with Gasteiger partial charge in [0.25, 0.3) is 0 Å². The second kappa shape index (κ2) is 5.24. The molecule has 2 aliphatic rings. The van der Waals surface area contributed by atoms with Gasteiger partial charge in [0.15, 0.2) is 0 Å². The highest BCUT2D eigenvalue weighted by atomic mass is 15.2. The molecule has 0 spiro atoms. The number of pyridine rings is 1. The Morgan fingerprint density at radius 2 is 2.00 bits per heavy atom. The fraction of sp³-hybridized carbons (Fsp3) is 0.389. The van der Waals surface area contributed by atoms with Gasteiger partial charge in [-0.3, -0.25) is 16.3 Å². The molecular weight excluding hydrogens is 258 g/mol. The summed E-state index contributed by atoms with van der Waals surface area (Å²) in [4.78, 5) is 4.09. The number of nitrogens with one attached hydrogen (secondary N) is 1. The molecule has 108 valence electrons. The summed E-state index contributed by atoms with van der Waals surface area (Å²) in [5.41, 5.74) is 7.50. The van der Waals surface area contributed by atoms with Crippen LogP contribution in [0.2, 0.25) is 0 Å². The third kappa shape index (κ3) is 2.27. The summed E-state index contributed by atoms with van der Waals surface area (Å²) in [7, 11) is 0. The quantitative estimate of drug-likeness (QED) is 0.667. The average Bonchev–Trinajstić information content (AvgIpc) is 3.28. The van der Waals surface area contributed by atoms with Crippen molar-refractivity contribution in [2.45, 2.75) is 31.2 Å². The van der Waals surface area contributed by atoms with Gasteiger partial charge in [0.1, 0.15) is 0 Å². The van der Waals surface area contributed by atoms with Crippen LogP contribution in [0.5, 0.6) is 0 Å². The molecule has 0 saturated heterocycles. The van der Waals surface area contributed by atoms with E-state index >= 15 is 0 Å². The minimum absolute atomic E-state index is 0.355. The van der Waals surface area contributed by atoms with Crippen LogP contribution >= 0.6 is 0 Å². The van der Waals surface area contributed by atoms with Gasteiger partial charge >= 0.3 is 0 Å². The molecular formula is C18H21N3. The van der Waals surface area contributed by atoms with Gasteiger partial charge in [-0.05, 0) is 65.8 Å². The zero-order chi connectivity index (χ0) is 14.2. The first-order valence-electron chi connectivity index (χ1n) is 7.81. The summed E-state index contributed by atoms with van der Waals surface area (Å²) in [6.07, 6.45) is 7.23. The molecule has 1 heterocycles. The van der Waals surface area contributed by atoms with Crippen LogP contribution in [0.3, 0.4) is 0 Å². The molecule has 1 fully saturated rings. The molecule has 4 rings (SSSR count). The number of hydrogen-bond donors (Lipinski definition) is 2. The fourth-order valence-electron chi connectivity index (χ4n) is 4.25. The first kappa shape index (κ1) is 13.0. The molecule has 21 heavy (non-hydrogen) atoms. The van der Waals surface area contributed by atoms with Crippen molar-refractivity contribution in [3.63, 3.8) is 0 Å². The lowest BCUT2D eigenvalue weighted by Gasteiger charge is -2.16. The van der Waals surface area contributed by atoms with Crippen LogP contribution < -0.4 is 11.3 Å². The summed E-state index contributed by atoms with van der Waals surface area (Å²) in [5, 5.41) is 0. The monoisotopic (exact) mass is 279 g/mol. The highest BCUT2D eigenvalue weighted by molar-refractivity contribution is 5.40. The van der Waals surface area contributed by atoms with Crippen LogP contribution in [0, 0.1) is 11.8 Å². The largest absolute Gasteiger partial charge is 0.271 e. The van der Waals surface area contributed by atoms with E-state index in [1.165, 1.54) is 18.4 Å². The molecule has 4 atom stereocenters. The van der Waals surface area contributed by atoms with Gasteiger partial charge in [-0.25, -0.2) is 0 Å². The summed E-state index contributed by atoms with van der Waals surface area (Å²) in [6, 6.07) is 13.5. The van der Waals surface area contributed by atoms with Gasteiger partial charge in [0, 0.05) is 18.4 Å². The van der Waals surface area contributed by atoms with Crippen molar-refractivity contribution < 1.29 is 0 Å². The summed E-state index contributed by atoms with van der Waals surface area (Å²) in [5.74, 6) is 8.06. The summed E-state index contributed by atoms with van der Waals surface area (Å²) < 4.78 is 0. The Labute approximate surface area is 125 Å². The lowest BCUT2D eigenvalue weighted by atomic mass is 9.92. The normalized spacial score (nSPS) is 27.6. The van der Waals surface area contributed by atoms with Crippen LogP contribution in [-0.4, -0.2) is 11.0 Å². The van der Waals surface area contributed by atoms with E-state index in [-0.39, 0.29) is 0 Å². The maximum Gasteiger partial charge on any atom is 0.0287 e. The Morgan fingerprint density at radius 3 is 2.81 bits per heavy atom. The molecule has 4 unspecified atom stereocenters. The number of benzene rings is 1. The summed E-state index contributed by atoms with van der Waals surface area (Å²) in [6.45, 7) is 0. The Morgan fingerprint density at radius 1 is 1.19 bits per heavy atom. The Bertz CT molecular complexity index is 625. The lowest BCUT2D eigenvalue weighted by molar-refractivity contribution is 0.441. The van der Waals surface area contributed by atoms with Gasteiger partial charge in [0.2, 0.25) is 0 Å². The highest BCUT2D eigenvalue weighted by Gasteiger charge is 2.55. The molecule has 2 aromatic rings. The third-order valence-corrected chi connectivity index (χ3v) is 5.27. The second-order valence-electron chi connectivity index (χ2n) is 6.34. The van der Waals surface area contributed by atoms with Crippen molar-refractivity contribution in [3.05, 3.63) is 65.5 Å². The van der Waals surface area contributed by atoms with E-state index in [2.05, 4.69) is 46.8 Å². The predicted molar refractivity (Wildman–Crippen MR) is 83.5 cm³/mol. The summed E-state index contributed by atoms with van der Waals surface area (Å²) >= 11 is 0. The molecule has 1 saturated carbocycles. The Balaban J connectivity index is 1.55. The number of nitrogens with two attached hydrogens (primary N) is 1. The molecule has 1 aromatic heterocycles. The minimum atomic E-state index is 0.355. The van der Waals surface area contributed by atoms with Gasteiger partial charge in [-0.2, -0.15) is 0 Å². The van der Waals surface area contributed by atoms with Crippen molar-refractivity contribution in [2.75, 3.05) is 0 Å². The van der Waals surface area contributed by atoms with E-state index in [1.54, 1.807) is 11.1 Å². The van der Waals surface area contributed by atoms with E-state index < -0.39 is 0 Å². The number of aryl methyl sites for hydroxylation is 1. The lowest BCUT2D eigenvalue weighted by Crippen LogP contribution is -2.39. The van der Waals surface area contributed by atoms with Crippen LogP contribution in [0.15, 0.2) is 48.8 Å². The number of aromatic nitrogens is 1. The van der Waals surface area contributed by atoms with Crippen LogP contribution in [0.25, 0.3) is 0 Å². The molecule has 0 amide bonds. The number of nitrogens with zero attached hydrogens (tertiary/aromatic N) is 1. The number of hydrazine groups is 1. The topological polar surface area (TPSA) is 50.9 Å². The van der Waals surface area contributed by atoms with Crippen LogP contribution in [0.4, 0.5) is 0 Å². The van der Waals surface area contributed by atoms with Crippen molar-refractivity contribution in [3.8, 4) is 0 Å². The van der Waals surface area contributed by atoms with Crippen molar-refractivity contribution >= 4 is 0 Å². The van der Waals surface area contributed by atoms with E-state index in [1.807, 2.05) is 12.4 Å². The molecule has 0 radical (unpaired) electrons. The molecule has 3 N–H and O–H groups in total. The number of fused-ring (bicyclic) bond motifs is 3. The maximum atomic E-state index is 5.87. The molecule has 2 aliphatic carbocycles. The van der Waals surface area contributed by atoms with Crippen molar-refractivity contribution in [2.24, 2.45) is 17.7 Å². The van der Waals surface area contributed by atoms with Gasteiger partial charge < -0.3 is 0 Å². The van der Waals surface area contributed by atoms with Crippen molar-refractivity contribution in [1.29, 1.82) is 0 Å². The van der Waals surface area contributed by atoms with Crippen LogP contribution in [0.1, 0.15) is 29.0 Å². The second-order valence-corrected chi connectivity index (χ2v) is 6.34. The molecule has 3 nitrogen and oxygen atoms in total. The van der Waals surface area contributed by atoms with E-state index in [0.717, 1.165) is 12.3 Å². The Hall–Kier alpha value is -1.71. The first-order chi connectivity index (χ1) is 10.4. The maximum absolute atomic E-state index is 5.87. The van der Waals surface area contributed by atoms with E-state index in [9.17, 15) is 0 Å². The van der Waals surface area contributed by atoms with Gasteiger partial charge in [-0.15, -0.1) is 0 Å². The van der Waals surface area contributed by atoms with Gasteiger partial charge in [-0.1, -0.05) is 24.3 Å². The third-order valence-electron chi connectivity index (χ3n) is 5.27. The standard InChI is InChI=1S/C18H21N3/c19-21-16(11-12-7-9-20-10-8-12)18-15-6-5-13-3-1-2-4-14(13)17(15)18/h1-4,7-10,15-18,21H,5-6,11,19H2. The van der Waals surface area contributed by atoms with Crippen molar-refractivity contribution in [1.82, 2.24) is 10.4 Å². The van der Waals surface area contributed by atoms with E-state index in [0.29, 0.717) is 17.9 Å². The highest BCUT2D eigenvalue weighted by Crippen LogP contribution is 2.61. The smallest absolute Gasteiger partial charge is 0.0287 e. The number of hydrogen-bond acceptors (Lipinski definition) is 3. The van der Waals surface area contributed by atoms with E-state index in [4.69, 9.17) is 5.84 Å². The SMILES string of the molecule is NNC(Cc1ccncc1)C1C2CCc3ccccc3C21.